The molecule has 1 aromatic rings. The molecule has 1 aromatic heterocycles. The van der Waals surface area contributed by atoms with E-state index in [2.05, 4.69) is 4.98 Å². The van der Waals surface area contributed by atoms with Crippen LogP contribution in [0.4, 0.5) is 8.78 Å². The molecule has 1 N–H and O–H groups in total. The van der Waals surface area contributed by atoms with E-state index in [0.29, 0.717) is 0 Å². The zero-order chi connectivity index (χ0) is 8.27. The third kappa shape index (κ3) is 1.94. The quantitative estimate of drug-likeness (QED) is 0.707. The van der Waals surface area contributed by atoms with Gasteiger partial charge in [-0.05, 0) is 6.07 Å². The zero-order valence-electron chi connectivity index (χ0n) is 5.61. The van der Waals surface area contributed by atoms with Crippen LogP contribution in [0.2, 0.25) is 0 Å². The molecule has 0 bridgehead atoms. The van der Waals surface area contributed by atoms with Crippen LogP contribution < -0.4 is 0 Å². The molecule has 0 saturated carbocycles. The lowest BCUT2D eigenvalue weighted by atomic mass is 10.2. The molecule has 4 heteroatoms. The van der Waals surface area contributed by atoms with Crippen LogP contribution in [0.5, 0.6) is 0 Å². The van der Waals surface area contributed by atoms with Gasteiger partial charge in [0.2, 0.25) is 0 Å². The average Bonchev–Trinajstić information content (AvgIpc) is 2.05. The molecule has 1 rings (SSSR count). The summed E-state index contributed by atoms with van der Waals surface area (Å²) in [6.45, 7) is 0. The minimum Gasteiger partial charge on any atom is -0.382 e. The topological polar surface area (TPSA) is 33.1 Å². The molecule has 1 atom stereocenters. The van der Waals surface area contributed by atoms with Crippen molar-refractivity contribution in [3.63, 3.8) is 0 Å². The molecule has 0 unspecified atom stereocenters. The Balaban J connectivity index is 2.77. The molecule has 0 amide bonds. The maximum Gasteiger partial charge on any atom is 0.268 e. The molecule has 11 heavy (non-hydrogen) atoms. The van der Waals surface area contributed by atoms with Gasteiger partial charge in [-0.25, -0.2) is 8.78 Å². The molecule has 0 aliphatic rings. The molecular weight excluding hydrogens is 152 g/mol. The van der Waals surface area contributed by atoms with Crippen molar-refractivity contribution in [2.75, 3.05) is 0 Å². The number of rotatable bonds is 2. The van der Waals surface area contributed by atoms with Crippen LogP contribution in [0.1, 0.15) is 11.7 Å². The Hall–Kier alpha value is -1.03. The number of nitrogens with zero attached hydrogens (tertiary/aromatic N) is 1. The number of aliphatic hydroxyl groups is 1. The van der Waals surface area contributed by atoms with Crippen molar-refractivity contribution in [3.05, 3.63) is 30.1 Å². The van der Waals surface area contributed by atoms with Crippen LogP contribution in [0, 0.1) is 0 Å². The fourth-order valence-electron chi connectivity index (χ4n) is 0.696. The monoisotopic (exact) mass is 159 g/mol. The van der Waals surface area contributed by atoms with Gasteiger partial charge < -0.3 is 5.11 Å². The number of hydrogen-bond donors (Lipinski definition) is 1. The molecule has 0 aromatic carbocycles. The Bertz CT molecular complexity index is 215. The first-order valence-corrected chi connectivity index (χ1v) is 3.08. The van der Waals surface area contributed by atoms with Gasteiger partial charge in [-0.3, -0.25) is 4.98 Å². The van der Waals surface area contributed by atoms with Crippen molar-refractivity contribution in [1.82, 2.24) is 4.98 Å². The van der Waals surface area contributed by atoms with Gasteiger partial charge >= 0.3 is 0 Å². The summed E-state index contributed by atoms with van der Waals surface area (Å²) in [5.41, 5.74) is 0.141. The van der Waals surface area contributed by atoms with Crippen LogP contribution in [0.3, 0.4) is 0 Å². The van der Waals surface area contributed by atoms with Gasteiger partial charge in [0.15, 0.2) is 0 Å². The molecule has 0 fully saturated rings. The van der Waals surface area contributed by atoms with Crippen LogP contribution in [0.15, 0.2) is 24.5 Å². The highest BCUT2D eigenvalue weighted by molar-refractivity contribution is 5.12. The summed E-state index contributed by atoms with van der Waals surface area (Å²) in [5, 5.41) is 8.81. The largest absolute Gasteiger partial charge is 0.382 e. The summed E-state index contributed by atoms with van der Waals surface area (Å²) >= 11 is 0. The third-order valence-electron chi connectivity index (χ3n) is 1.26. The Morgan fingerprint density at radius 1 is 1.45 bits per heavy atom. The van der Waals surface area contributed by atoms with Crippen LogP contribution in [-0.2, 0) is 0 Å². The zero-order valence-corrected chi connectivity index (χ0v) is 5.61. The SMILES string of the molecule is O[C@H](c1cccnc1)C(F)F. The number of aromatic nitrogens is 1. The fraction of sp³-hybridized carbons (Fsp3) is 0.286. The average molecular weight is 159 g/mol. The van der Waals surface area contributed by atoms with Crippen LogP contribution in [0.25, 0.3) is 0 Å². The second-order valence-electron chi connectivity index (χ2n) is 2.07. The predicted molar refractivity (Wildman–Crippen MR) is 35.2 cm³/mol. The smallest absolute Gasteiger partial charge is 0.268 e. The van der Waals surface area contributed by atoms with E-state index >= 15 is 0 Å². The van der Waals surface area contributed by atoms with E-state index < -0.39 is 12.5 Å². The molecule has 0 aliphatic carbocycles. The van der Waals surface area contributed by atoms with Crippen molar-refractivity contribution < 1.29 is 13.9 Å². The Labute approximate surface area is 62.5 Å². The molecule has 0 radical (unpaired) electrons. The van der Waals surface area contributed by atoms with Gasteiger partial charge in [0, 0.05) is 18.0 Å². The maximum atomic E-state index is 11.8. The maximum absolute atomic E-state index is 11.8. The van der Waals surface area contributed by atoms with E-state index in [1.54, 1.807) is 0 Å². The molecular formula is C7H7F2NO. The fourth-order valence-corrected chi connectivity index (χ4v) is 0.696. The number of pyridine rings is 1. The second kappa shape index (κ2) is 3.39. The van der Waals surface area contributed by atoms with E-state index in [1.165, 1.54) is 24.5 Å². The first-order valence-electron chi connectivity index (χ1n) is 3.08. The Morgan fingerprint density at radius 3 is 2.64 bits per heavy atom. The molecule has 0 spiro atoms. The molecule has 2 nitrogen and oxygen atoms in total. The lowest BCUT2D eigenvalue weighted by Gasteiger charge is -2.07. The number of halogens is 2. The van der Waals surface area contributed by atoms with Crippen molar-refractivity contribution in [1.29, 1.82) is 0 Å². The van der Waals surface area contributed by atoms with E-state index in [-0.39, 0.29) is 5.56 Å². The summed E-state index contributed by atoms with van der Waals surface area (Å²) in [6.07, 6.45) is -1.79. The minimum absolute atomic E-state index is 0.141. The summed E-state index contributed by atoms with van der Waals surface area (Å²) in [5.74, 6) is 0. The van der Waals surface area contributed by atoms with E-state index in [1.807, 2.05) is 0 Å². The summed E-state index contributed by atoms with van der Waals surface area (Å²) in [4.78, 5) is 3.59. The predicted octanol–water partition coefficient (Wildman–Crippen LogP) is 1.38. The van der Waals surface area contributed by atoms with Crippen LogP contribution in [-0.4, -0.2) is 16.5 Å². The van der Waals surface area contributed by atoms with Gasteiger partial charge in [-0.1, -0.05) is 6.07 Å². The van der Waals surface area contributed by atoms with Gasteiger partial charge in [0.1, 0.15) is 6.10 Å². The summed E-state index contributed by atoms with van der Waals surface area (Å²) in [7, 11) is 0. The Morgan fingerprint density at radius 2 is 2.18 bits per heavy atom. The third-order valence-corrected chi connectivity index (χ3v) is 1.26. The van der Waals surface area contributed by atoms with Gasteiger partial charge in [-0.2, -0.15) is 0 Å². The van der Waals surface area contributed by atoms with E-state index in [0.717, 1.165) is 0 Å². The highest BCUT2D eigenvalue weighted by atomic mass is 19.3. The van der Waals surface area contributed by atoms with Gasteiger partial charge in [0.05, 0.1) is 0 Å². The van der Waals surface area contributed by atoms with Crippen molar-refractivity contribution in [3.8, 4) is 0 Å². The number of alkyl halides is 2. The van der Waals surface area contributed by atoms with E-state index in [9.17, 15) is 8.78 Å². The van der Waals surface area contributed by atoms with E-state index in [4.69, 9.17) is 5.11 Å². The molecule has 1 heterocycles. The lowest BCUT2D eigenvalue weighted by molar-refractivity contribution is -0.00596. The molecule has 60 valence electrons. The summed E-state index contributed by atoms with van der Waals surface area (Å²) < 4.78 is 23.7. The van der Waals surface area contributed by atoms with Crippen molar-refractivity contribution in [2.45, 2.75) is 12.5 Å². The molecule has 0 aliphatic heterocycles. The highest BCUT2D eigenvalue weighted by Crippen LogP contribution is 2.18. The first-order chi connectivity index (χ1) is 5.22. The molecule has 0 saturated heterocycles. The number of aliphatic hydroxyl groups excluding tert-OH is 1. The summed E-state index contributed by atoms with van der Waals surface area (Å²) in [6, 6.07) is 2.91. The normalized spacial score (nSPS) is 13.5. The Kier molecular flexibility index (Phi) is 2.48. The van der Waals surface area contributed by atoms with Gasteiger partial charge in [0.25, 0.3) is 6.43 Å². The minimum atomic E-state index is -2.75. The second-order valence-corrected chi connectivity index (χ2v) is 2.07. The highest BCUT2D eigenvalue weighted by Gasteiger charge is 2.18. The van der Waals surface area contributed by atoms with Gasteiger partial charge in [-0.15, -0.1) is 0 Å². The van der Waals surface area contributed by atoms with Crippen LogP contribution >= 0.6 is 0 Å². The number of hydrogen-bond acceptors (Lipinski definition) is 2. The van der Waals surface area contributed by atoms with Crippen molar-refractivity contribution >= 4 is 0 Å². The first kappa shape index (κ1) is 8.07. The standard InChI is InChI=1S/C7H7F2NO/c8-7(9)6(11)5-2-1-3-10-4-5/h1-4,6-7,11H/t6-/m1/s1. The van der Waals surface area contributed by atoms with Crippen molar-refractivity contribution in [2.24, 2.45) is 0 Å². The lowest BCUT2D eigenvalue weighted by Crippen LogP contribution is -2.07.